The second-order valence-electron chi connectivity index (χ2n) is 14.7. The largest absolute Gasteiger partial charge is 0.461 e. The molecule has 4 aromatic rings. The van der Waals surface area contributed by atoms with Gasteiger partial charge in [0, 0.05) is 39.9 Å². The van der Waals surface area contributed by atoms with Crippen LogP contribution in [-0.2, 0) is 9.59 Å². The summed E-state index contributed by atoms with van der Waals surface area (Å²) in [4.78, 5) is 34.5. The highest BCUT2D eigenvalue weighted by Crippen LogP contribution is 2.58. The van der Waals surface area contributed by atoms with Crippen LogP contribution in [0.1, 0.15) is 79.7 Å². The van der Waals surface area contributed by atoms with Gasteiger partial charge in [-0.1, -0.05) is 18.2 Å². The number of para-hydroxylation sites is 1. The molecule has 0 unspecified atom stereocenters. The summed E-state index contributed by atoms with van der Waals surface area (Å²) in [5.41, 5.74) is 9.83. The predicted octanol–water partition coefficient (Wildman–Crippen LogP) is 7.34. The monoisotopic (exact) mass is 673 g/mol. The zero-order valence-electron chi connectivity index (χ0n) is 28.1. The first-order valence-corrected chi connectivity index (χ1v) is 17.5. The molecule has 0 radical (unpaired) electrons. The Hall–Kier alpha value is -3.26. The van der Waals surface area contributed by atoms with Gasteiger partial charge in [-0.05, 0) is 146 Å². The normalized spacial score (nSPS) is 29.0. The van der Waals surface area contributed by atoms with E-state index >= 15 is 0 Å². The summed E-state index contributed by atoms with van der Waals surface area (Å²) in [7, 11) is 0. The van der Waals surface area contributed by atoms with Gasteiger partial charge in [0.05, 0.1) is 0 Å². The molecular weight excluding hydrogens is 626 g/mol. The number of piperidine rings is 6. The van der Waals surface area contributed by atoms with Crippen LogP contribution in [0.25, 0.3) is 21.9 Å². The Bertz CT molecular complexity index is 1730. The first-order chi connectivity index (χ1) is 22.8. The van der Waals surface area contributed by atoms with E-state index in [-0.39, 0.29) is 18.6 Å². The third kappa shape index (κ3) is 6.54. The van der Waals surface area contributed by atoms with Gasteiger partial charge in [0.15, 0.2) is 5.78 Å². The summed E-state index contributed by atoms with van der Waals surface area (Å²) in [5.74, 6) is 4.41. The molecule has 0 amide bonds. The minimum Gasteiger partial charge on any atom is -0.461 e. The number of ketones is 1. The molecule has 12 rings (SSSR count). The Labute approximate surface area is 288 Å². The van der Waals surface area contributed by atoms with Crippen molar-refractivity contribution >= 4 is 46.3 Å². The molecule has 2 aromatic heterocycles. The smallest absolute Gasteiger partial charge is 0.373 e. The lowest BCUT2D eigenvalue weighted by Gasteiger charge is -2.52. The number of furan rings is 2. The third-order valence-corrected chi connectivity index (χ3v) is 12.2. The lowest BCUT2D eigenvalue weighted by molar-refractivity contribution is -0.191. The zero-order chi connectivity index (χ0) is 32.8. The van der Waals surface area contributed by atoms with Crippen LogP contribution in [0.4, 0.5) is 0 Å². The standard InChI is InChI=1S/C20H23NO2.C9H16N2.C9H8O.CO2.ClH/c1-13-10-16-11-15(2-3-19(16)23-13)18(22)12-17-14-4-8-21(9-5-14)20(17)6-7-20;10-8-7-1-5-11(6-2-7)9(8)3-4-9;1-7-6-8-4-2-3-5-9(8)10-7;2-1-3;/h2-3,10-11,14,17H,4-9,12H2,1H3;7-8H,1-6,10H2;2-6H,1H3;;1H/t17-;8-;;;/m11.../s1. The van der Waals surface area contributed by atoms with E-state index in [1.54, 1.807) is 0 Å². The Balaban J connectivity index is 0.000000134. The fourth-order valence-corrected chi connectivity index (χ4v) is 9.50. The quantitative estimate of drug-likeness (QED) is 0.225. The van der Waals surface area contributed by atoms with E-state index in [9.17, 15) is 4.79 Å². The van der Waals surface area contributed by atoms with Crippen LogP contribution in [0.5, 0.6) is 0 Å². The fourth-order valence-electron chi connectivity index (χ4n) is 9.50. The van der Waals surface area contributed by atoms with Gasteiger partial charge in [-0.15, -0.1) is 12.4 Å². The second kappa shape index (κ2) is 13.9. The van der Waals surface area contributed by atoms with E-state index in [0.29, 0.717) is 28.8 Å². The first kappa shape index (κ1) is 34.6. The first-order valence-electron chi connectivity index (χ1n) is 17.5. The molecule has 9 heteroatoms. The molecule has 6 aliphatic heterocycles. The lowest BCUT2D eigenvalue weighted by Crippen LogP contribution is -2.63. The van der Waals surface area contributed by atoms with Crippen molar-refractivity contribution in [2.45, 2.75) is 88.8 Å². The highest BCUT2D eigenvalue weighted by atomic mass is 35.5. The molecule has 2 aromatic carbocycles. The van der Waals surface area contributed by atoms with Crippen LogP contribution in [0.3, 0.4) is 0 Å². The second-order valence-corrected chi connectivity index (χ2v) is 14.7. The summed E-state index contributed by atoms with van der Waals surface area (Å²) in [6.07, 6.45) is 11.7. The molecule has 2 N–H and O–H groups in total. The lowest BCUT2D eigenvalue weighted by atomic mass is 9.69. The van der Waals surface area contributed by atoms with E-state index in [1.165, 1.54) is 82.9 Å². The molecule has 8 heterocycles. The Morgan fingerprint density at radius 1 is 0.771 bits per heavy atom. The summed E-state index contributed by atoms with van der Waals surface area (Å²) in [6, 6.07) is 18.5. The van der Waals surface area contributed by atoms with Crippen LogP contribution >= 0.6 is 12.4 Å². The van der Waals surface area contributed by atoms with Gasteiger partial charge in [0.2, 0.25) is 0 Å². The predicted molar refractivity (Wildman–Crippen MR) is 187 cm³/mol. The number of Topliss-reactive ketones (excluding diaryl/α,β-unsaturated/α-hetero) is 1. The summed E-state index contributed by atoms with van der Waals surface area (Å²) < 4.78 is 11.0. The number of hydrogen-bond donors (Lipinski definition) is 1. The maximum Gasteiger partial charge on any atom is 0.373 e. The number of halogens is 1. The Morgan fingerprint density at radius 2 is 1.29 bits per heavy atom. The minimum atomic E-state index is 0. The SMILES string of the molecule is Cc1cc2cc(C(=O)C[C@@H]3C4CCN(CC4)C34CC4)ccc2o1.Cc1cc2ccccc2o1.Cl.N[C@@H]1C2CCN(CC2)C12CC2.O=C=O. The van der Waals surface area contributed by atoms with Crippen molar-refractivity contribution in [2.24, 2.45) is 23.5 Å². The number of aryl methyl sites for hydroxylation is 2. The highest BCUT2D eigenvalue weighted by molar-refractivity contribution is 5.99. The number of hydrogen-bond acceptors (Lipinski definition) is 8. The molecule has 2 spiro atoms. The van der Waals surface area contributed by atoms with Crippen molar-refractivity contribution in [1.29, 1.82) is 0 Å². The number of nitrogens with zero attached hydrogens (tertiary/aromatic N) is 2. The topological polar surface area (TPSA) is 110 Å². The van der Waals surface area contributed by atoms with Crippen LogP contribution in [0.15, 0.2) is 63.4 Å². The molecule has 8 nitrogen and oxygen atoms in total. The van der Waals surface area contributed by atoms with E-state index < -0.39 is 0 Å². The van der Waals surface area contributed by atoms with Crippen LogP contribution in [0, 0.1) is 31.6 Å². The third-order valence-electron chi connectivity index (χ3n) is 12.2. The number of benzene rings is 2. The van der Waals surface area contributed by atoms with E-state index in [2.05, 4.69) is 9.80 Å². The van der Waals surface area contributed by atoms with Crippen molar-refractivity contribution in [3.05, 3.63) is 71.7 Å². The van der Waals surface area contributed by atoms with Crippen molar-refractivity contribution in [3.8, 4) is 0 Å². The maximum atomic E-state index is 12.9. The summed E-state index contributed by atoms with van der Waals surface area (Å²) in [6.45, 7) is 9.09. The van der Waals surface area contributed by atoms with Crippen LogP contribution < -0.4 is 5.73 Å². The molecule has 48 heavy (non-hydrogen) atoms. The maximum absolute atomic E-state index is 12.9. The number of rotatable bonds is 3. The van der Waals surface area contributed by atoms with Crippen molar-refractivity contribution in [2.75, 3.05) is 26.2 Å². The molecule has 256 valence electrons. The molecule has 6 saturated heterocycles. The van der Waals surface area contributed by atoms with E-state index in [1.807, 2.05) is 68.4 Å². The summed E-state index contributed by atoms with van der Waals surface area (Å²) in [5, 5.41) is 2.23. The van der Waals surface area contributed by atoms with Crippen LogP contribution in [-0.4, -0.2) is 65.0 Å². The number of nitrogens with two attached hydrogens (primary N) is 1. The van der Waals surface area contributed by atoms with Gasteiger partial charge in [-0.2, -0.15) is 9.59 Å². The molecule has 2 saturated carbocycles. The van der Waals surface area contributed by atoms with Gasteiger partial charge in [-0.25, -0.2) is 0 Å². The molecule has 2 atom stereocenters. The summed E-state index contributed by atoms with van der Waals surface area (Å²) >= 11 is 0. The molecule has 2 aliphatic carbocycles. The van der Waals surface area contributed by atoms with E-state index in [4.69, 9.17) is 24.2 Å². The van der Waals surface area contributed by atoms with E-state index in [0.717, 1.165) is 51.9 Å². The van der Waals surface area contributed by atoms with Gasteiger partial charge >= 0.3 is 6.15 Å². The van der Waals surface area contributed by atoms with Gasteiger partial charge in [-0.3, -0.25) is 14.6 Å². The molecule has 8 aliphatic rings. The number of fused-ring (bicyclic) bond motifs is 6. The minimum absolute atomic E-state index is 0. The molecular formula is C39H48ClN3O5. The number of carbonyl (C=O) groups excluding carboxylic acids is 3. The van der Waals surface area contributed by atoms with Gasteiger partial charge < -0.3 is 14.6 Å². The van der Waals surface area contributed by atoms with Gasteiger partial charge in [0.1, 0.15) is 22.7 Å². The van der Waals surface area contributed by atoms with Crippen molar-refractivity contribution < 1.29 is 23.2 Å². The molecule has 8 fully saturated rings. The Morgan fingerprint density at radius 3 is 1.83 bits per heavy atom. The van der Waals surface area contributed by atoms with Crippen molar-refractivity contribution in [1.82, 2.24) is 9.80 Å². The number of carbonyl (C=O) groups is 1. The van der Waals surface area contributed by atoms with Crippen LogP contribution in [0.2, 0.25) is 0 Å². The van der Waals surface area contributed by atoms with Gasteiger partial charge in [0.25, 0.3) is 0 Å². The Kier molecular flexibility index (Phi) is 10.0. The molecule has 4 bridgehead atoms. The fraction of sp³-hybridized carbons (Fsp3) is 0.538. The highest BCUT2D eigenvalue weighted by Gasteiger charge is 2.60. The average Bonchev–Trinajstić information content (AvgIpc) is 3.98. The average molecular weight is 674 g/mol. The van der Waals surface area contributed by atoms with Crippen molar-refractivity contribution in [3.63, 3.8) is 0 Å². The zero-order valence-corrected chi connectivity index (χ0v) is 28.9.